The lowest BCUT2D eigenvalue weighted by Crippen LogP contribution is -2.16. The highest BCUT2D eigenvalue weighted by Gasteiger charge is 2.23. The quantitative estimate of drug-likeness (QED) is 0.873. The first-order valence-corrected chi connectivity index (χ1v) is 7.53. The van der Waals surface area contributed by atoms with Gasteiger partial charge in [-0.25, -0.2) is 0 Å². The zero-order chi connectivity index (χ0) is 16.1. The topological polar surface area (TPSA) is 46.5 Å². The molecule has 0 amide bonds. The standard InChI is InChI=1S/C19H22O3/c1-4-22-16-9-10-17(14(3)11-16)18(19(20)21)12-15-8-6-5-7-13(15)2/h5-11,18H,4,12H2,1-3H3,(H,20,21). The summed E-state index contributed by atoms with van der Waals surface area (Å²) in [7, 11) is 0. The summed E-state index contributed by atoms with van der Waals surface area (Å²) in [6.45, 7) is 6.48. The average molecular weight is 298 g/mol. The summed E-state index contributed by atoms with van der Waals surface area (Å²) in [5.74, 6) is -0.559. The number of hydrogen-bond acceptors (Lipinski definition) is 2. The molecule has 0 aliphatic carbocycles. The third kappa shape index (κ3) is 3.67. The number of benzene rings is 2. The molecular formula is C19H22O3. The molecule has 1 atom stereocenters. The van der Waals surface area contributed by atoms with Crippen LogP contribution in [0.2, 0.25) is 0 Å². The molecule has 0 bridgehead atoms. The number of aryl methyl sites for hydroxylation is 2. The van der Waals surface area contributed by atoms with Gasteiger partial charge in [0.15, 0.2) is 0 Å². The second kappa shape index (κ2) is 7.12. The number of ether oxygens (including phenoxy) is 1. The molecule has 2 aromatic carbocycles. The summed E-state index contributed by atoms with van der Waals surface area (Å²) < 4.78 is 5.47. The maximum atomic E-state index is 11.7. The Balaban J connectivity index is 2.32. The van der Waals surface area contributed by atoms with Crippen molar-refractivity contribution in [1.29, 1.82) is 0 Å². The fraction of sp³-hybridized carbons (Fsp3) is 0.316. The maximum absolute atomic E-state index is 11.7. The van der Waals surface area contributed by atoms with E-state index in [0.29, 0.717) is 13.0 Å². The van der Waals surface area contributed by atoms with Gasteiger partial charge in [-0.3, -0.25) is 4.79 Å². The van der Waals surface area contributed by atoms with Crippen LogP contribution in [0.4, 0.5) is 0 Å². The molecule has 116 valence electrons. The van der Waals surface area contributed by atoms with Gasteiger partial charge < -0.3 is 9.84 Å². The Labute approximate surface area is 131 Å². The number of carboxylic acid groups (broad SMARTS) is 1. The lowest BCUT2D eigenvalue weighted by Gasteiger charge is -2.17. The Bertz CT molecular complexity index is 661. The summed E-state index contributed by atoms with van der Waals surface area (Å²) in [5.41, 5.74) is 3.99. The van der Waals surface area contributed by atoms with E-state index >= 15 is 0 Å². The fourth-order valence-corrected chi connectivity index (χ4v) is 2.68. The lowest BCUT2D eigenvalue weighted by molar-refractivity contribution is -0.138. The lowest BCUT2D eigenvalue weighted by atomic mass is 9.88. The van der Waals surface area contributed by atoms with E-state index in [4.69, 9.17) is 4.74 Å². The Morgan fingerprint density at radius 2 is 1.86 bits per heavy atom. The van der Waals surface area contributed by atoms with Crippen molar-refractivity contribution >= 4 is 5.97 Å². The van der Waals surface area contributed by atoms with Gasteiger partial charge in [-0.2, -0.15) is 0 Å². The van der Waals surface area contributed by atoms with E-state index in [2.05, 4.69) is 0 Å². The molecule has 0 aromatic heterocycles. The zero-order valence-corrected chi connectivity index (χ0v) is 13.3. The molecule has 0 aliphatic rings. The predicted octanol–water partition coefficient (Wildman–Crippen LogP) is 4.11. The normalized spacial score (nSPS) is 12.0. The van der Waals surface area contributed by atoms with Crippen LogP contribution in [0, 0.1) is 13.8 Å². The molecule has 0 radical (unpaired) electrons. The Hall–Kier alpha value is -2.29. The SMILES string of the molecule is CCOc1ccc(C(Cc2ccccc2C)C(=O)O)c(C)c1. The molecule has 22 heavy (non-hydrogen) atoms. The van der Waals surface area contributed by atoms with E-state index in [1.54, 1.807) is 0 Å². The van der Waals surface area contributed by atoms with Gasteiger partial charge in [0, 0.05) is 0 Å². The average Bonchev–Trinajstić information content (AvgIpc) is 2.47. The third-order valence-electron chi connectivity index (χ3n) is 3.91. The second-order valence-electron chi connectivity index (χ2n) is 5.47. The van der Waals surface area contributed by atoms with Crippen molar-refractivity contribution in [2.24, 2.45) is 0 Å². The van der Waals surface area contributed by atoms with Crippen molar-refractivity contribution in [1.82, 2.24) is 0 Å². The number of carboxylic acids is 1. The van der Waals surface area contributed by atoms with E-state index in [1.807, 2.05) is 63.2 Å². The van der Waals surface area contributed by atoms with Crippen LogP contribution in [-0.2, 0) is 11.2 Å². The predicted molar refractivity (Wildman–Crippen MR) is 87.6 cm³/mol. The van der Waals surface area contributed by atoms with Gasteiger partial charge in [0.05, 0.1) is 12.5 Å². The van der Waals surface area contributed by atoms with Gasteiger partial charge in [0.25, 0.3) is 0 Å². The highest BCUT2D eigenvalue weighted by atomic mass is 16.5. The zero-order valence-electron chi connectivity index (χ0n) is 13.3. The molecule has 0 aliphatic heterocycles. The molecule has 0 saturated carbocycles. The molecule has 0 heterocycles. The van der Waals surface area contributed by atoms with Crippen LogP contribution in [0.5, 0.6) is 5.75 Å². The first kappa shape index (κ1) is 16.1. The van der Waals surface area contributed by atoms with Crippen molar-refractivity contribution in [3.8, 4) is 5.75 Å². The Morgan fingerprint density at radius 1 is 1.14 bits per heavy atom. The van der Waals surface area contributed by atoms with Crippen molar-refractivity contribution in [2.75, 3.05) is 6.61 Å². The summed E-state index contributed by atoms with van der Waals surface area (Å²) in [4.78, 5) is 11.7. The molecule has 3 heteroatoms. The van der Waals surface area contributed by atoms with Crippen LogP contribution >= 0.6 is 0 Å². The summed E-state index contributed by atoms with van der Waals surface area (Å²) in [5, 5.41) is 9.64. The summed E-state index contributed by atoms with van der Waals surface area (Å²) in [6.07, 6.45) is 0.497. The van der Waals surface area contributed by atoms with E-state index < -0.39 is 11.9 Å². The van der Waals surface area contributed by atoms with E-state index in [-0.39, 0.29) is 0 Å². The highest BCUT2D eigenvalue weighted by Crippen LogP contribution is 2.28. The maximum Gasteiger partial charge on any atom is 0.311 e. The first-order chi connectivity index (χ1) is 10.5. The molecule has 2 aromatic rings. The van der Waals surface area contributed by atoms with Crippen LogP contribution in [0.15, 0.2) is 42.5 Å². The Kier molecular flexibility index (Phi) is 5.21. The third-order valence-corrected chi connectivity index (χ3v) is 3.91. The molecule has 3 nitrogen and oxygen atoms in total. The molecule has 1 unspecified atom stereocenters. The summed E-state index contributed by atoms with van der Waals surface area (Å²) in [6, 6.07) is 13.6. The van der Waals surface area contributed by atoms with Crippen molar-refractivity contribution < 1.29 is 14.6 Å². The number of rotatable bonds is 6. The van der Waals surface area contributed by atoms with Gasteiger partial charge in [-0.05, 0) is 61.6 Å². The minimum Gasteiger partial charge on any atom is -0.494 e. The molecule has 0 spiro atoms. The van der Waals surface area contributed by atoms with E-state index in [1.165, 1.54) is 0 Å². The number of aliphatic carboxylic acids is 1. The fourth-order valence-electron chi connectivity index (χ4n) is 2.68. The highest BCUT2D eigenvalue weighted by molar-refractivity contribution is 5.77. The monoisotopic (exact) mass is 298 g/mol. The molecular weight excluding hydrogens is 276 g/mol. The minimum atomic E-state index is -0.796. The van der Waals surface area contributed by atoms with Gasteiger partial charge >= 0.3 is 5.97 Å². The summed E-state index contributed by atoms with van der Waals surface area (Å²) >= 11 is 0. The number of carbonyl (C=O) groups is 1. The first-order valence-electron chi connectivity index (χ1n) is 7.53. The molecule has 0 fully saturated rings. The minimum absolute atomic E-state index is 0.497. The van der Waals surface area contributed by atoms with Crippen LogP contribution < -0.4 is 4.74 Å². The van der Waals surface area contributed by atoms with Crippen LogP contribution in [0.25, 0.3) is 0 Å². The van der Waals surface area contributed by atoms with Crippen LogP contribution in [-0.4, -0.2) is 17.7 Å². The van der Waals surface area contributed by atoms with Crippen LogP contribution in [0.3, 0.4) is 0 Å². The van der Waals surface area contributed by atoms with Gasteiger partial charge in [0.2, 0.25) is 0 Å². The second-order valence-corrected chi connectivity index (χ2v) is 5.47. The van der Waals surface area contributed by atoms with E-state index in [9.17, 15) is 9.90 Å². The molecule has 0 saturated heterocycles. The molecule has 1 N–H and O–H groups in total. The van der Waals surface area contributed by atoms with Gasteiger partial charge in [-0.15, -0.1) is 0 Å². The largest absolute Gasteiger partial charge is 0.494 e. The van der Waals surface area contributed by atoms with Crippen molar-refractivity contribution in [3.63, 3.8) is 0 Å². The smallest absolute Gasteiger partial charge is 0.311 e. The Morgan fingerprint density at radius 3 is 2.45 bits per heavy atom. The number of hydrogen-bond donors (Lipinski definition) is 1. The van der Waals surface area contributed by atoms with Gasteiger partial charge in [-0.1, -0.05) is 30.3 Å². The van der Waals surface area contributed by atoms with Crippen molar-refractivity contribution in [3.05, 3.63) is 64.7 Å². The molecule has 2 rings (SSSR count). The van der Waals surface area contributed by atoms with Gasteiger partial charge in [0.1, 0.15) is 5.75 Å². The van der Waals surface area contributed by atoms with Crippen molar-refractivity contribution in [2.45, 2.75) is 33.1 Å². The van der Waals surface area contributed by atoms with Crippen LogP contribution in [0.1, 0.15) is 35.1 Å². The van der Waals surface area contributed by atoms with E-state index in [0.717, 1.165) is 28.0 Å².